The summed E-state index contributed by atoms with van der Waals surface area (Å²) in [4.78, 5) is 0.123. The first-order chi connectivity index (χ1) is 7.77. The summed E-state index contributed by atoms with van der Waals surface area (Å²) in [6.07, 6.45) is 0.495. The number of nitrogens with one attached hydrogen (secondary N) is 1. The van der Waals surface area contributed by atoms with Crippen LogP contribution >= 0.6 is 51.1 Å². The monoisotopic (exact) mass is 376 g/mol. The number of nitrogens with two attached hydrogens (primary N) is 1. The Kier molecular flexibility index (Phi) is 5.36. The molecule has 1 heterocycles. The van der Waals surface area contributed by atoms with Crippen LogP contribution in [0.1, 0.15) is 13.3 Å². The Morgan fingerprint density at radius 2 is 2.35 bits per heavy atom. The van der Waals surface area contributed by atoms with Crippen molar-refractivity contribution in [3.63, 3.8) is 0 Å². The molecule has 0 aliphatic carbocycles. The molecule has 1 aromatic heterocycles. The highest BCUT2D eigenvalue weighted by molar-refractivity contribution is 9.11. The highest BCUT2D eigenvalue weighted by atomic mass is 79.9. The van der Waals surface area contributed by atoms with Crippen LogP contribution in [0.2, 0.25) is 5.02 Å². The lowest BCUT2D eigenvalue weighted by molar-refractivity contribution is 0.574. The summed E-state index contributed by atoms with van der Waals surface area (Å²) in [6.45, 7) is 1.80. The van der Waals surface area contributed by atoms with Crippen molar-refractivity contribution in [1.82, 2.24) is 4.72 Å². The third-order valence-corrected chi connectivity index (χ3v) is 6.64. The molecule has 0 aliphatic rings. The number of halogens is 2. The minimum Gasteiger partial charge on any atom is -0.392 e. The quantitative estimate of drug-likeness (QED) is 0.773. The Labute approximate surface area is 123 Å². The number of sulfonamides is 1. The predicted molar refractivity (Wildman–Crippen MR) is 78.2 cm³/mol. The van der Waals surface area contributed by atoms with E-state index in [2.05, 4.69) is 20.7 Å². The van der Waals surface area contributed by atoms with Gasteiger partial charge in [0.2, 0.25) is 0 Å². The second kappa shape index (κ2) is 5.94. The molecule has 0 aliphatic heterocycles. The van der Waals surface area contributed by atoms with Crippen LogP contribution in [0.25, 0.3) is 0 Å². The molecule has 0 spiro atoms. The van der Waals surface area contributed by atoms with E-state index in [1.54, 1.807) is 6.92 Å². The maximum atomic E-state index is 12.0. The van der Waals surface area contributed by atoms with Gasteiger partial charge >= 0.3 is 0 Å². The first kappa shape index (κ1) is 15.3. The smallest absolute Gasteiger partial charge is 0.250 e. The first-order valence-electron chi connectivity index (χ1n) is 4.54. The minimum absolute atomic E-state index is 0.123. The predicted octanol–water partition coefficient (Wildman–Crippen LogP) is 2.51. The molecule has 0 amide bonds. The van der Waals surface area contributed by atoms with E-state index < -0.39 is 16.1 Å². The summed E-state index contributed by atoms with van der Waals surface area (Å²) in [5, 5.41) is 0.360. The van der Waals surface area contributed by atoms with Crippen molar-refractivity contribution in [2.45, 2.75) is 23.6 Å². The van der Waals surface area contributed by atoms with E-state index in [1.165, 1.54) is 6.07 Å². The highest BCUT2D eigenvalue weighted by Crippen LogP contribution is 2.34. The van der Waals surface area contributed by atoms with Gasteiger partial charge in [-0.15, -0.1) is 11.3 Å². The number of rotatable bonds is 5. The summed E-state index contributed by atoms with van der Waals surface area (Å²) in [6, 6.07) is 0.833. The van der Waals surface area contributed by atoms with E-state index in [0.717, 1.165) is 11.3 Å². The zero-order valence-corrected chi connectivity index (χ0v) is 13.5. The molecule has 1 rings (SSSR count). The zero-order valence-electron chi connectivity index (χ0n) is 8.74. The van der Waals surface area contributed by atoms with Crippen molar-refractivity contribution in [2.75, 3.05) is 0 Å². The molecular weight excluding hydrogens is 368 g/mol. The number of thiocarbonyl (C=S) groups is 1. The van der Waals surface area contributed by atoms with Crippen molar-refractivity contribution in [2.24, 2.45) is 5.73 Å². The molecule has 0 fully saturated rings. The van der Waals surface area contributed by atoms with E-state index >= 15 is 0 Å². The van der Waals surface area contributed by atoms with Gasteiger partial charge in [-0.2, -0.15) is 0 Å². The Bertz CT molecular complexity index is 509. The van der Waals surface area contributed by atoms with Crippen molar-refractivity contribution < 1.29 is 8.42 Å². The molecule has 1 unspecified atom stereocenters. The van der Waals surface area contributed by atoms with Crippen LogP contribution < -0.4 is 10.5 Å². The van der Waals surface area contributed by atoms with Gasteiger partial charge in [0.15, 0.2) is 0 Å². The normalized spacial score (nSPS) is 13.6. The molecule has 0 saturated carbocycles. The molecule has 4 nitrogen and oxygen atoms in total. The second-order valence-corrected chi connectivity index (χ2v) is 8.36. The van der Waals surface area contributed by atoms with Gasteiger partial charge < -0.3 is 5.73 Å². The molecule has 9 heteroatoms. The molecule has 0 aromatic carbocycles. The zero-order chi connectivity index (χ0) is 13.2. The molecule has 17 heavy (non-hydrogen) atoms. The minimum atomic E-state index is -3.63. The Hall–Kier alpha value is 0.270. The third-order valence-electron chi connectivity index (χ3n) is 1.94. The van der Waals surface area contributed by atoms with Crippen LogP contribution in [-0.2, 0) is 10.0 Å². The van der Waals surface area contributed by atoms with Gasteiger partial charge in [0.25, 0.3) is 10.0 Å². The maximum absolute atomic E-state index is 12.0. The second-order valence-electron chi connectivity index (χ2n) is 3.17. The van der Waals surface area contributed by atoms with E-state index in [4.69, 9.17) is 29.6 Å². The van der Waals surface area contributed by atoms with Gasteiger partial charge in [0, 0.05) is 0 Å². The fourth-order valence-corrected chi connectivity index (χ4v) is 5.06. The largest absolute Gasteiger partial charge is 0.392 e. The molecule has 1 atom stereocenters. The fraction of sp³-hybridized carbons (Fsp3) is 0.375. The van der Waals surface area contributed by atoms with Crippen LogP contribution in [0, 0.1) is 0 Å². The topological polar surface area (TPSA) is 72.2 Å². The number of hydrogen-bond donors (Lipinski definition) is 2. The van der Waals surface area contributed by atoms with Gasteiger partial charge in [-0.25, -0.2) is 13.1 Å². The molecule has 0 bridgehead atoms. The lowest BCUT2D eigenvalue weighted by Crippen LogP contribution is -2.42. The Morgan fingerprint density at radius 1 is 1.76 bits per heavy atom. The van der Waals surface area contributed by atoms with E-state index in [9.17, 15) is 8.42 Å². The summed E-state index contributed by atoms with van der Waals surface area (Å²) >= 11 is 14.8. The summed E-state index contributed by atoms with van der Waals surface area (Å²) < 4.78 is 27.1. The molecular formula is C8H10BrClN2O2S3. The average molecular weight is 378 g/mol. The lowest BCUT2D eigenvalue weighted by Gasteiger charge is -2.14. The van der Waals surface area contributed by atoms with Crippen LogP contribution in [0.5, 0.6) is 0 Å². The molecule has 1 aromatic rings. The first-order valence-corrected chi connectivity index (χ1v) is 8.42. The fourth-order valence-electron chi connectivity index (χ4n) is 1.05. The van der Waals surface area contributed by atoms with E-state index in [0.29, 0.717) is 15.2 Å². The van der Waals surface area contributed by atoms with Crippen molar-refractivity contribution >= 4 is 66.1 Å². The molecule has 3 N–H and O–H groups in total. The van der Waals surface area contributed by atoms with Gasteiger partial charge in [-0.1, -0.05) is 30.7 Å². The van der Waals surface area contributed by atoms with Crippen molar-refractivity contribution in [3.05, 3.63) is 14.9 Å². The Morgan fingerprint density at radius 3 is 2.71 bits per heavy atom. The lowest BCUT2D eigenvalue weighted by atomic mass is 10.2. The van der Waals surface area contributed by atoms with E-state index in [1.807, 2.05) is 0 Å². The highest BCUT2D eigenvalue weighted by Gasteiger charge is 2.23. The number of thiophene rings is 1. The van der Waals surface area contributed by atoms with Gasteiger partial charge in [0.1, 0.15) is 4.21 Å². The summed E-state index contributed by atoms with van der Waals surface area (Å²) in [5.41, 5.74) is 5.44. The van der Waals surface area contributed by atoms with Crippen molar-refractivity contribution in [3.8, 4) is 0 Å². The molecule has 0 saturated heterocycles. The van der Waals surface area contributed by atoms with Crippen LogP contribution in [0.15, 0.2) is 14.1 Å². The standard InChI is InChI=1S/C8H10BrClN2O2S3/c1-2-5(8(11)15)12-17(13,14)6-3-4(10)7(9)16-6/h3,5,12H,2H2,1H3,(H2,11,15). The summed E-state index contributed by atoms with van der Waals surface area (Å²) in [7, 11) is -3.63. The SMILES string of the molecule is CCC(NS(=O)(=O)c1cc(Cl)c(Br)s1)C(N)=S. The van der Waals surface area contributed by atoms with Gasteiger partial charge in [0.05, 0.1) is 19.8 Å². The average Bonchev–Trinajstić information content (AvgIpc) is 2.56. The van der Waals surface area contributed by atoms with Gasteiger partial charge in [-0.05, 0) is 28.4 Å². The van der Waals surface area contributed by atoms with Crippen LogP contribution in [-0.4, -0.2) is 19.4 Å². The van der Waals surface area contributed by atoms with Crippen LogP contribution in [0.3, 0.4) is 0 Å². The van der Waals surface area contributed by atoms with Crippen molar-refractivity contribution in [1.29, 1.82) is 0 Å². The molecule has 96 valence electrons. The molecule has 0 radical (unpaired) electrons. The Balaban J connectivity index is 3.00. The van der Waals surface area contributed by atoms with Gasteiger partial charge in [-0.3, -0.25) is 0 Å². The third kappa shape index (κ3) is 3.87. The van der Waals surface area contributed by atoms with E-state index in [-0.39, 0.29) is 9.20 Å². The number of hydrogen-bond acceptors (Lipinski definition) is 4. The van der Waals surface area contributed by atoms with Crippen LogP contribution in [0.4, 0.5) is 0 Å². The maximum Gasteiger partial charge on any atom is 0.250 e. The summed E-state index contributed by atoms with van der Waals surface area (Å²) in [5.74, 6) is 0.